The van der Waals surface area contributed by atoms with Crippen molar-refractivity contribution >= 4 is 15.9 Å². The molecule has 20 heavy (non-hydrogen) atoms. The van der Waals surface area contributed by atoms with Crippen LogP contribution in [0.1, 0.15) is 30.7 Å². The van der Waals surface area contributed by atoms with Crippen LogP contribution in [0.2, 0.25) is 0 Å². The molecule has 1 atom stereocenters. The first-order chi connectivity index (χ1) is 9.70. The minimum Gasteiger partial charge on any atom is -0.454 e. The predicted octanol–water partition coefficient (Wildman–Crippen LogP) is 2.87. The lowest BCUT2D eigenvalue weighted by molar-refractivity contribution is 0.173. The summed E-state index contributed by atoms with van der Waals surface area (Å²) in [6, 6.07) is 5.49. The van der Waals surface area contributed by atoms with Gasteiger partial charge >= 0.3 is 0 Å². The molecule has 1 unspecified atom stereocenters. The van der Waals surface area contributed by atoms with E-state index in [4.69, 9.17) is 9.47 Å². The molecule has 2 heterocycles. The quantitative estimate of drug-likeness (QED) is 0.931. The SMILES string of the molecule is CCCn1nccc1C(O)c1cc(Br)c2c(c1)OCO2. The summed E-state index contributed by atoms with van der Waals surface area (Å²) >= 11 is 3.44. The summed E-state index contributed by atoms with van der Waals surface area (Å²) in [4.78, 5) is 0. The molecular formula is C14H15BrN2O3. The first-order valence-electron chi connectivity index (χ1n) is 6.49. The van der Waals surface area contributed by atoms with Gasteiger partial charge in [-0.15, -0.1) is 0 Å². The van der Waals surface area contributed by atoms with E-state index < -0.39 is 6.10 Å². The Bertz CT molecular complexity index is 627. The van der Waals surface area contributed by atoms with E-state index in [1.54, 1.807) is 12.3 Å². The standard InChI is InChI=1S/C14H15BrN2O3/c1-2-5-17-11(3-4-16-17)13(18)9-6-10(15)14-12(7-9)19-8-20-14/h3-4,6-7,13,18H,2,5,8H2,1H3. The van der Waals surface area contributed by atoms with Crippen molar-refractivity contribution in [2.45, 2.75) is 26.0 Å². The third-order valence-corrected chi connectivity index (χ3v) is 3.82. The van der Waals surface area contributed by atoms with Gasteiger partial charge in [0.15, 0.2) is 11.5 Å². The number of fused-ring (bicyclic) bond motifs is 1. The Hall–Kier alpha value is -1.53. The average molecular weight is 339 g/mol. The Balaban J connectivity index is 1.96. The van der Waals surface area contributed by atoms with Crippen LogP contribution in [0.5, 0.6) is 11.5 Å². The first kappa shape index (κ1) is 13.5. The third-order valence-electron chi connectivity index (χ3n) is 3.23. The van der Waals surface area contributed by atoms with Gasteiger partial charge in [0.1, 0.15) is 6.10 Å². The topological polar surface area (TPSA) is 56.5 Å². The molecular weight excluding hydrogens is 324 g/mol. The van der Waals surface area contributed by atoms with E-state index in [1.165, 1.54) is 0 Å². The number of ether oxygens (including phenoxy) is 2. The van der Waals surface area contributed by atoms with Gasteiger partial charge in [0.25, 0.3) is 0 Å². The Morgan fingerprint density at radius 1 is 1.45 bits per heavy atom. The van der Waals surface area contributed by atoms with E-state index in [-0.39, 0.29) is 6.79 Å². The van der Waals surface area contributed by atoms with Crippen molar-refractivity contribution in [3.8, 4) is 11.5 Å². The maximum absolute atomic E-state index is 10.6. The zero-order valence-corrected chi connectivity index (χ0v) is 12.6. The highest BCUT2D eigenvalue weighted by atomic mass is 79.9. The van der Waals surface area contributed by atoms with Crippen LogP contribution in [0.15, 0.2) is 28.9 Å². The van der Waals surface area contributed by atoms with E-state index >= 15 is 0 Å². The first-order valence-corrected chi connectivity index (χ1v) is 7.28. The van der Waals surface area contributed by atoms with Gasteiger partial charge in [-0.1, -0.05) is 6.92 Å². The number of aromatic nitrogens is 2. The number of benzene rings is 1. The van der Waals surface area contributed by atoms with Gasteiger partial charge in [0.2, 0.25) is 6.79 Å². The fraction of sp³-hybridized carbons (Fsp3) is 0.357. The van der Waals surface area contributed by atoms with Crippen LogP contribution < -0.4 is 9.47 Å². The summed E-state index contributed by atoms with van der Waals surface area (Å²) < 4.78 is 13.3. The van der Waals surface area contributed by atoms with Crippen LogP contribution in [0.3, 0.4) is 0 Å². The Labute approximate surface area is 125 Å². The molecule has 0 fully saturated rings. The number of hydrogen-bond donors (Lipinski definition) is 1. The Morgan fingerprint density at radius 3 is 3.10 bits per heavy atom. The smallest absolute Gasteiger partial charge is 0.231 e. The molecule has 0 saturated heterocycles. The molecule has 2 aromatic rings. The second-order valence-electron chi connectivity index (χ2n) is 4.62. The predicted molar refractivity (Wildman–Crippen MR) is 76.8 cm³/mol. The van der Waals surface area contributed by atoms with Crippen molar-refractivity contribution in [3.05, 3.63) is 40.1 Å². The molecule has 106 valence electrons. The maximum Gasteiger partial charge on any atom is 0.231 e. The zero-order chi connectivity index (χ0) is 14.1. The van der Waals surface area contributed by atoms with Crippen molar-refractivity contribution in [1.82, 2.24) is 9.78 Å². The normalized spacial score (nSPS) is 14.6. The molecule has 0 saturated carbocycles. The van der Waals surface area contributed by atoms with E-state index in [0.29, 0.717) is 11.5 Å². The number of halogens is 1. The molecule has 1 aromatic carbocycles. The molecule has 1 aliphatic heterocycles. The van der Waals surface area contributed by atoms with Crippen LogP contribution >= 0.6 is 15.9 Å². The highest BCUT2D eigenvalue weighted by molar-refractivity contribution is 9.10. The van der Waals surface area contributed by atoms with Crippen LogP contribution in [0.4, 0.5) is 0 Å². The molecule has 1 N–H and O–H groups in total. The Kier molecular flexibility index (Phi) is 3.67. The van der Waals surface area contributed by atoms with Gasteiger partial charge in [-0.3, -0.25) is 4.68 Å². The number of rotatable bonds is 4. The van der Waals surface area contributed by atoms with Crippen molar-refractivity contribution in [3.63, 3.8) is 0 Å². The highest BCUT2D eigenvalue weighted by Gasteiger charge is 2.22. The molecule has 1 aromatic heterocycles. The van der Waals surface area contributed by atoms with Crippen molar-refractivity contribution < 1.29 is 14.6 Å². The molecule has 0 amide bonds. The monoisotopic (exact) mass is 338 g/mol. The average Bonchev–Trinajstić information content (AvgIpc) is 3.07. The molecule has 5 nitrogen and oxygen atoms in total. The maximum atomic E-state index is 10.6. The fourth-order valence-corrected chi connectivity index (χ4v) is 2.86. The van der Waals surface area contributed by atoms with Crippen LogP contribution in [0.25, 0.3) is 0 Å². The summed E-state index contributed by atoms with van der Waals surface area (Å²) in [7, 11) is 0. The van der Waals surface area contributed by atoms with Crippen LogP contribution in [-0.2, 0) is 6.54 Å². The van der Waals surface area contributed by atoms with Crippen molar-refractivity contribution in [2.75, 3.05) is 6.79 Å². The fourth-order valence-electron chi connectivity index (χ4n) is 2.29. The number of aryl methyl sites for hydroxylation is 1. The van der Waals surface area contributed by atoms with Crippen LogP contribution in [0, 0.1) is 0 Å². The van der Waals surface area contributed by atoms with Gasteiger partial charge in [-0.05, 0) is 46.1 Å². The van der Waals surface area contributed by atoms with E-state index in [1.807, 2.05) is 16.8 Å². The molecule has 3 rings (SSSR count). The summed E-state index contributed by atoms with van der Waals surface area (Å²) in [5.74, 6) is 1.33. The third kappa shape index (κ3) is 2.29. The lowest BCUT2D eigenvalue weighted by Gasteiger charge is -2.14. The zero-order valence-electron chi connectivity index (χ0n) is 11.0. The van der Waals surface area contributed by atoms with Gasteiger partial charge in [-0.25, -0.2) is 0 Å². The lowest BCUT2D eigenvalue weighted by Crippen LogP contribution is -2.10. The number of hydrogen-bond acceptors (Lipinski definition) is 4. The van der Waals surface area contributed by atoms with Crippen molar-refractivity contribution in [1.29, 1.82) is 0 Å². The second-order valence-corrected chi connectivity index (χ2v) is 5.47. The van der Waals surface area contributed by atoms with Gasteiger partial charge in [0.05, 0.1) is 10.2 Å². The van der Waals surface area contributed by atoms with E-state index in [0.717, 1.165) is 28.7 Å². The van der Waals surface area contributed by atoms with Crippen LogP contribution in [-0.4, -0.2) is 21.7 Å². The van der Waals surface area contributed by atoms with Gasteiger partial charge in [-0.2, -0.15) is 5.10 Å². The summed E-state index contributed by atoms with van der Waals surface area (Å²) in [5.41, 5.74) is 1.52. The summed E-state index contributed by atoms with van der Waals surface area (Å²) in [6.07, 6.45) is 1.93. The molecule has 0 aliphatic carbocycles. The second kappa shape index (κ2) is 5.46. The number of aliphatic hydroxyl groups is 1. The minimum atomic E-state index is -0.741. The minimum absolute atomic E-state index is 0.210. The lowest BCUT2D eigenvalue weighted by atomic mass is 10.1. The summed E-state index contributed by atoms with van der Waals surface area (Å²) in [5, 5.41) is 14.8. The number of nitrogens with zero attached hydrogens (tertiary/aromatic N) is 2. The van der Waals surface area contributed by atoms with Gasteiger partial charge in [0, 0.05) is 12.7 Å². The van der Waals surface area contributed by atoms with E-state index in [2.05, 4.69) is 28.0 Å². The summed E-state index contributed by atoms with van der Waals surface area (Å²) in [6.45, 7) is 3.07. The molecule has 6 heteroatoms. The van der Waals surface area contributed by atoms with Gasteiger partial charge < -0.3 is 14.6 Å². The molecule has 1 aliphatic rings. The van der Waals surface area contributed by atoms with E-state index in [9.17, 15) is 5.11 Å². The number of aliphatic hydroxyl groups excluding tert-OH is 1. The Morgan fingerprint density at radius 2 is 2.30 bits per heavy atom. The molecule has 0 bridgehead atoms. The largest absolute Gasteiger partial charge is 0.454 e. The highest BCUT2D eigenvalue weighted by Crippen LogP contribution is 2.42. The molecule has 0 spiro atoms. The molecule has 0 radical (unpaired) electrons. The van der Waals surface area contributed by atoms with Crippen molar-refractivity contribution in [2.24, 2.45) is 0 Å².